The smallest absolute Gasteiger partial charge is 0.410 e. The molecule has 0 saturated carbocycles. The predicted octanol–water partition coefficient (Wildman–Crippen LogP) is 5.63. The summed E-state index contributed by atoms with van der Waals surface area (Å²) in [6.07, 6.45) is 6.23. The number of anilines is 1. The summed E-state index contributed by atoms with van der Waals surface area (Å²) in [5.41, 5.74) is 3.17. The summed E-state index contributed by atoms with van der Waals surface area (Å²) in [6, 6.07) is 10.1. The minimum absolute atomic E-state index is 0.183. The van der Waals surface area contributed by atoms with Gasteiger partial charge in [-0.1, -0.05) is 31.8 Å². The number of piperidine rings is 1. The molecule has 1 aromatic heterocycles. The maximum Gasteiger partial charge on any atom is 0.410 e. The number of amides is 1. The van der Waals surface area contributed by atoms with Crippen LogP contribution >= 0.6 is 0 Å². The number of carbonyl (C=O) groups excluding carboxylic acids is 1. The Kier molecular flexibility index (Phi) is 9.77. The van der Waals surface area contributed by atoms with Crippen molar-refractivity contribution in [1.82, 2.24) is 19.6 Å². The topological polar surface area (TPSA) is 63.1 Å². The van der Waals surface area contributed by atoms with Crippen molar-refractivity contribution in [2.24, 2.45) is 5.92 Å². The van der Waals surface area contributed by atoms with Crippen LogP contribution in [-0.4, -0.2) is 91.8 Å². The van der Waals surface area contributed by atoms with Gasteiger partial charge in [-0.3, -0.25) is 4.90 Å². The molecule has 0 atom stereocenters. The van der Waals surface area contributed by atoms with E-state index in [2.05, 4.69) is 65.0 Å². The average Bonchev–Trinajstić information content (AvgIpc) is 3.35. The van der Waals surface area contributed by atoms with E-state index in [1.54, 1.807) is 0 Å². The lowest BCUT2D eigenvalue weighted by atomic mass is 9.95. The minimum atomic E-state index is -1.07. The van der Waals surface area contributed by atoms with Crippen LogP contribution in [-0.2, 0) is 16.2 Å². The standard InChI is InChI=1S/C30H49N5O3Si/c1-30(2,3)38-29(36)34-17-15-32(16-18-34)22-25-11-13-33(14-12-25)28-9-7-26(8-10-28)27-21-31-35(23-27)24-37-19-20-39(4,5)6/h7-10,21,23,25H,11-20,22,24H2,1-6H3. The van der Waals surface area contributed by atoms with Gasteiger partial charge in [-0.15, -0.1) is 0 Å². The Hall–Kier alpha value is -2.36. The van der Waals surface area contributed by atoms with Crippen molar-refractivity contribution in [2.45, 2.75) is 71.6 Å². The molecule has 0 aliphatic carbocycles. The second kappa shape index (κ2) is 12.9. The van der Waals surface area contributed by atoms with Crippen LogP contribution in [0.3, 0.4) is 0 Å². The van der Waals surface area contributed by atoms with Gasteiger partial charge in [0.25, 0.3) is 0 Å². The van der Waals surface area contributed by atoms with Crippen molar-refractivity contribution in [2.75, 3.05) is 57.3 Å². The Morgan fingerprint density at radius 3 is 2.26 bits per heavy atom. The second-order valence-corrected chi connectivity index (χ2v) is 19.0. The predicted molar refractivity (Wildman–Crippen MR) is 161 cm³/mol. The van der Waals surface area contributed by atoms with Gasteiger partial charge in [-0.2, -0.15) is 5.10 Å². The van der Waals surface area contributed by atoms with E-state index in [1.807, 2.05) is 36.5 Å². The molecule has 0 radical (unpaired) electrons. The first-order valence-electron chi connectivity index (χ1n) is 14.6. The third-order valence-electron chi connectivity index (χ3n) is 7.57. The fourth-order valence-corrected chi connectivity index (χ4v) is 5.92. The molecule has 2 aliphatic heterocycles. The fraction of sp³-hybridized carbons (Fsp3) is 0.667. The molecule has 0 bridgehead atoms. The first-order valence-corrected chi connectivity index (χ1v) is 18.3. The largest absolute Gasteiger partial charge is 0.444 e. The van der Waals surface area contributed by atoms with Crippen LogP contribution in [0.4, 0.5) is 10.5 Å². The summed E-state index contributed by atoms with van der Waals surface area (Å²) in [4.78, 5) is 19.2. The molecular weight excluding hydrogens is 506 g/mol. The van der Waals surface area contributed by atoms with Gasteiger partial charge < -0.3 is 19.3 Å². The van der Waals surface area contributed by atoms with Crippen LogP contribution in [0.1, 0.15) is 33.6 Å². The van der Waals surface area contributed by atoms with E-state index in [0.29, 0.717) is 12.6 Å². The maximum atomic E-state index is 12.3. The van der Waals surface area contributed by atoms with Gasteiger partial charge in [0.1, 0.15) is 12.3 Å². The lowest BCUT2D eigenvalue weighted by Gasteiger charge is -2.39. The van der Waals surface area contributed by atoms with Crippen LogP contribution < -0.4 is 4.90 Å². The van der Waals surface area contributed by atoms with Crippen molar-refractivity contribution < 1.29 is 14.3 Å². The molecule has 1 aromatic carbocycles. The molecule has 8 nitrogen and oxygen atoms in total. The summed E-state index contributed by atoms with van der Waals surface area (Å²) >= 11 is 0. The van der Waals surface area contributed by atoms with Gasteiger partial charge in [-0.25, -0.2) is 9.48 Å². The third-order valence-corrected chi connectivity index (χ3v) is 9.28. The number of aromatic nitrogens is 2. The van der Waals surface area contributed by atoms with Gasteiger partial charge >= 0.3 is 6.09 Å². The highest BCUT2D eigenvalue weighted by Crippen LogP contribution is 2.27. The summed E-state index contributed by atoms with van der Waals surface area (Å²) in [5.74, 6) is 0.715. The Morgan fingerprint density at radius 2 is 1.64 bits per heavy atom. The molecule has 2 fully saturated rings. The molecule has 1 amide bonds. The lowest BCUT2D eigenvalue weighted by molar-refractivity contribution is 0.0130. The number of piperazine rings is 1. The molecule has 0 unspecified atom stereocenters. The monoisotopic (exact) mass is 555 g/mol. The number of rotatable bonds is 9. The third kappa shape index (κ3) is 9.36. The zero-order chi connectivity index (χ0) is 28.0. The number of carbonyl (C=O) groups is 1. The van der Waals surface area contributed by atoms with Crippen LogP contribution in [0.5, 0.6) is 0 Å². The molecule has 2 aliphatic rings. The molecule has 4 rings (SSSR count). The van der Waals surface area contributed by atoms with E-state index in [0.717, 1.165) is 58.0 Å². The van der Waals surface area contributed by atoms with E-state index < -0.39 is 13.7 Å². The lowest BCUT2D eigenvalue weighted by Crippen LogP contribution is -2.51. The average molecular weight is 556 g/mol. The molecule has 2 aromatic rings. The van der Waals surface area contributed by atoms with E-state index in [4.69, 9.17) is 9.47 Å². The molecule has 0 N–H and O–H groups in total. The number of hydrogen-bond donors (Lipinski definition) is 0. The highest BCUT2D eigenvalue weighted by Gasteiger charge is 2.28. The zero-order valence-electron chi connectivity index (χ0n) is 25.0. The Morgan fingerprint density at radius 1 is 0.974 bits per heavy atom. The van der Waals surface area contributed by atoms with Crippen molar-refractivity contribution in [3.63, 3.8) is 0 Å². The molecular formula is C30H49N5O3Si. The van der Waals surface area contributed by atoms with Gasteiger partial charge in [0.15, 0.2) is 0 Å². The summed E-state index contributed by atoms with van der Waals surface area (Å²) in [7, 11) is -1.07. The van der Waals surface area contributed by atoms with Gasteiger partial charge in [0.05, 0.1) is 6.20 Å². The van der Waals surface area contributed by atoms with Crippen LogP contribution in [0.2, 0.25) is 25.7 Å². The normalized spacial score (nSPS) is 18.0. The van der Waals surface area contributed by atoms with Gasteiger partial charge in [0, 0.05) is 77.9 Å². The van der Waals surface area contributed by atoms with Crippen molar-refractivity contribution in [3.05, 3.63) is 36.7 Å². The number of hydrogen-bond acceptors (Lipinski definition) is 6. The van der Waals surface area contributed by atoms with Gasteiger partial charge in [0.2, 0.25) is 0 Å². The highest BCUT2D eigenvalue weighted by molar-refractivity contribution is 6.76. The van der Waals surface area contributed by atoms with Crippen LogP contribution in [0.25, 0.3) is 11.1 Å². The number of benzene rings is 1. The SMILES string of the molecule is CC(C)(C)OC(=O)N1CCN(CC2CCN(c3ccc(-c4cnn(COCC[Si](C)(C)C)c4)cc3)CC2)CC1. The van der Waals surface area contributed by atoms with Crippen LogP contribution in [0.15, 0.2) is 36.7 Å². The molecule has 0 spiro atoms. The van der Waals surface area contributed by atoms with E-state index in [1.165, 1.54) is 30.1 Å². The first-order chi connectivity index (χ1) is 18.4. The van der Waals surface area contributed by atoms with E-state index in [-0.39, 0.29) is 6.09 Å². The molecule has 3 heterocycles. The van der Waals surface area contributed by atoms with E-state index in [9.17, 15) is 4.79 Å². The maximum absolute atomic E-state index is 12.3. The summed E-state index contributed by atoms with van der Waals surface area (Å²) in [5, 5.41) is 4.48. The molecule has 2 saturated heterocycles. The summed E-state index contributed by atoms with van der Waals surface area (Å²) in [6.45, 7) is 20.9. The summed E-state index contributed by atoms with van der Waals surface area (Å²) < 4.78 is 13.3. The van der Waals surface area contributed by atoms with Crippen molar-refractivity contribution >= 4 is 19.9 Å². The Balaban J connectivity index is 1.18. The Bertz CT molecular complexity index is 1040. The fourth-order valence-electron chi connectivity index (χ4n) is 5.16. The van der Waals surface area contributed by atoms with Crippen molar-refractivity contribution in [1.29, 1.82) is 0 Å². The van der Waals surface area contributed by atoms with Crippen LogP contribution in [0, 0.1) is 5.92 Å². The highest BCUT2D eigenvalue weighted by atomic mass is 28.3. The Labute approximate surface area is 236 Å². The molecule has 216 valence electrons. The van der Waals surface area contributed by atoms with Crippen molar-refractivity contribution in [3.8, 4) is 11.1 Å². The number of ether oxygens (including phenoxy) is 2. The molecule has 9 heteroatoms. The first kappa shape index (κ1) is 29.6. The van der Waals surface area contributed by atoms with E-state index >= 15 is 0 Å². The molecule has 39 heavy (non-hydrogen) atoms. The number of nitrogens with zero attached hydrogens (tertiary/aromatic N) is 5. The van der Waals surface area contributed by atoms with Gasteiger partial charge in [-0.05, 0) is 63.3 Å². The minimum Gasteiger partial charge on any atom is -0.444 e. The second-order valence-electron chi connectivity index (χ2n) is 13.4. The quantitative estimate of drug-likeness (QED) is 0.295. The zero-order valence-corrected chi connectivity index (χ0v) is 26.0.